The number of pyridine rings is 1. The van der Waals surface area contributed by atoms with Crippen LogP contribution in [-0.2, 0) is 19.6 Å². The van der Waals surface area contributed by atoms with Crippen LogP contribution in [0.15, 0.2) is 110 Å². The van der Waals surface area contributed by atoms with Crippen LogP contribution in [0.2, 0.25) is 5.02 Å². The van der Waals surface area contributed by atoms with Gasteiger partial charge in [-0.2, -0.15) is 0 Å². The summed E-state index contributed by atoms with van der Waals surface area (Å²) < 4.78 is 21.4. The van der Waals surface area contributed by atoms with Crippen molar-refractivity contribution in [3.8, 4) is 16.9 Å². The molecule has 0 aliphatic carbocycles. The van der Waals surface area contributed by atoms with Crippen molar-refractivity contribution in [2.24, 2.45) is 0 Å². The average molecular weight is 550 g/mol. The number of aromatic nitrogens is 4. The fraction of sp³-hybridized carbons (Fsp3) is 0.0938. The number of hydrogen-bond acceptors (Lipinski definition) is 5. The van der Waals surface area contributed by atoms with Crippen molar-refractivity contribution in [1.29, 1.82) is 0 Å². The predicted molar refractivity (Wildman–Crippen MR) is 156 cm³/mol. The Morgan fingerprint density at radius 3 is 2.67 bits per heavy atom. The van der Waals surface area contributed by atoms with E-state index in [0.29, 0.717) is 16.6 Å². The third kappa shape index (κ3) is 5.95. The number of hydrogen-bond donors (Lipinski definition) is 1. The predicted octanol–water partition coefficient (Wildman–Crippen LogP) is 7.85. The van der Waals surface area contributed by atoms with Crippen molar-refractivity contribution in [3.05, 3.63) is 132 Å². The van der Waals surface area contributed by atoms with Gasteiger partial charge in [-0.1, -0.05) is 35.9 Å². The van der Waals surface area contributed by atoms with Gasteiger partial charge in [0.1, 0.15) is 30.3 Å². The maximum Gasteiger partial charge on any atom is 0.141 e. The molecule has 6 nitrogen and oxygen atoms in total. The van der Waals surface area contributed by atoms with E-state index in [1.54, 1.807) is 24.3 Å². The van der Waals surface area contributed by atoms with E-state index in [0.717, 1.165) is 51.9 Å². The van der Waals surface area contributed by atoms with E-state index in [4.69, 9.17) is 16.3 Å². The number of rotatable bonds is 9. The maximum absolute atomic E-state index is 13.5. The molecule has 3 heterocycles. The van der Waals surface area contributed by atoms with Gasteiger partial charge in [0.2, 0.25) is 0 Å². The number of nitrogens with one attached hydrogen (secondary N) is 1. The highest BCUT2D eigenvalue weighted by molar-refractivity contribution is 6.32. The molecule has 0 amide bonds. The summed E-state index contributed by atoms with van der Waals surface area (Å²) in [7, 11) is 0. The van der Waals surface area contributed by atoms with Crippen LogP contribution in [0.4, 0.5) is 15.9 Å². The highest BCUT2D eigenvalue weighted by Gasteiger charge is 2.10. The first-order valence-corrected chi connectivity index (χ1v) is 13.2. The SMILES string of the molecule is Fc1cccc(COc2ccc(Nc3ncnc4ccc(-c5ccn(CCc6ccccn6)c5)cc34)cc2Cl)c1. The molecule has 0 atom stereocenters. The van der Waals surface area contributed by atoms with Crippen LogP contribution in [0, 0.1) is 5.82 Å². The molecule has 0 unspecified atom stereocenters. The third-order valence-corrected chi connectivity index (χ3v) is 6.84. The highest BCUT2D eigenvalue weighted by Crippen LogP contribution is 2.32. The van der Waals surface area contributed by atoms with Gasteiger partial charge in [-0.3, -0.25) is 4.98 Å². The monoisotopic (exact) mass is 549 g/mol. The molecule has 0 aliphatic heterocycles. The summed E-state index contributed by atoms with van der Waals surface area (Å²) in [6, 6.07) is 26.0. The summed E-state index contributed by atoms with van der Waals surface area (Å²) in [5.41, 5.74) is 5.57. The van der Waals surface area contributed by atoms with Crippen LogP contribution >= 0.6 is 11.6 Å². The summed E-state index contributed by atoms with van der Waals surface area (Å²) in [6.45, 7) is 1.07. The average Bonchev–Trinajstić information content (AvgIpc) is 3.45. The van der Waals surface area contributed by atoms with E-state index in [1.165, 1.54) is 18.5 Å². The van der Waals surface area contributed by atoms with Crippen LogP contribution in [0.3, 0.4) is 0 Å². The van der Waals surface area contributed by atoms with Crippen LogP contribution < -0.4 is 10.1 Å². The largest absolute Gasteiger partial charge is 0.487 e. The standard InChI is InChI=1S/C32H25ClFN5O/c33-29-18-27(8-10-31(29)40-20-22-4-3-5-25(34)16-22)38-32-28-17-23(7-9-30(28)36-21-37-32)24-11-14-39(19-24)15-12-26-6-1-2-13-35-26/h1-11,13-14,16-19,21H,12,15,20H2,(H,36,37,38). The van der Waals surface area contributed by atoms with Crippen LogP contribution in [-0.4, -0.2) is 19.5 Å². The van der Waals surface area contributed by atoms with E-state index in [1.807, 2.05) is 36.5 Å². The van der Waals surface area contributed by atoms with Gasteiger partial charge >= 0.3 is 0 Å². The number of aryl methyl sites for hydroxylation is 2. The quantitative estimate of drug-likeness (QED) is 0.199. The van der Waals surface area contributed by atoms with Gasteiger partial charge in [0.25, 0.3) is 0 Å². The number of ether oxygens (including phenoxy) is 1. The fourth-order valence-electron chi connectivity index (χ4n) is 4.50. The lowest BCUT2D eigenvalue weighted by molar-refractivity contribution is 0.306. The molecule has 0 saturated heterocycles. The van der Waals surface area contributed by atoms with E-state index in [2.05, 4.69) is 55.4 Å². The Morgan fingerprint density at radius 2 is 1.82 bits per heavy atom. The Hall–Kier alpha value is -4.75. The third-order valence-electron chi connectivity index (χ3n) is 6.55. The minimum atomic E-state index is -0.301. The number of benzene rings is 3. The van der Waals surface area contributed by atoms with Crippen LogP contribution in [0.1, 0.15) is 11.3 Å². The fourth-order valence-corrected chi connectivity index (χ4v) is 4.73. The van der Waals surface area contributed by atoms with Crippen molar-refractivity contribution < 1.29 is 9.13 Å². The molecule has 0 spiro atoms. The van der Waals surface area contributed by atoms with Crippen molar-refractivity contribution in [1.82, 2.24) is 19.5 Å². The number of anilines is 2. The van der Waals surface area contributed by atoms with Crippen molar-refractivity contribution in [2.75, 3.05) is 5.32 Å². The summed E-state index contributed by atoms with van der Waals surface area (Å²) in [5, 5.41) is 4.70. The van der Waals surface area contributed by atoms with Gasteiger partial charge in [0.15, 0.2) is 0 Å². The van der Waals surface area contributed by atoms with E-state index in [9.17, 15) is 4.39 Å². The number of fused-ring (bicyclic) bond motifs is 1. The second-order valence-electron chi connectivity index (χ2n) is 9.35. The Kier molecular flexibility index (Phi) is 7.37. The molecule has 3 aromatic carbocycles. The molecule has 0 saturated carbocycles. The van der Waals surface area contributed by atoms with Gasteiger partial charge in [0.05, 0.1) is 10.5 Å². The first kappa shape index (κ1) is 25.5. The molecule has 0 aliphatic rings. The summed E-state index contributed by atoms with van der Waals surface area (Å²) >= 11 is 6.51. The molecule has 0 bridgehead atoms. The summed E-state index contributed by atoms with van der Waals surface area (Å²) in [4.78, 5) is 13.3. The number of nitrogens with zero attached hydrogens (tertiary/aromatic N) is 4. The first-order valence-electron chi connectivity index (χ1n) is 12.9. The van der Waals surface area contributed by atoms with Crippen LogP contribution in [0.25, 0.3) is 22.0 Å². The Balaban J connectivity index is 1.18. The summed E-state index contributed by atoms with van der Waals surface area (Å²) in [5.74, 6) is 0.884. The van der Waals surface area contributed by atoms with Gasteiger partial charge < -0.3 is 14.6 Å². The zero-order chi connectivity index (χ0) is 27.3. The van der Waals surface area contributed by atoms with E-state index >= 15 is 0 Å². The Bertz CT molecular complexity index is 1770. The molecule has 3 aromatic heterocycles. The highest BCUT2D eigenvalue weighted by atomic mass is 35.5. The molecule has 1 N–H and O–H groups in total. The first-order chi connectivity index (χ1) is 19.6. The molecule has 198 valence electrons. The molecule has 6 rings (SSSR count). The van der Waals surface area contributed by atoms with Gasteiger partial charge in [0, 0.05) is 48.3 Å². The minimum absolute atomic E-state index is 0.217. The molecule has 8 heteroatoms. The van der Waals surface area contributed by atoms with Gasteiger partial charge in [-0.25, -0.2) is 14.4 Å². The zero-order valence-corrected chi connectivity index (χ0v) is 22.2. The molecule has 0 fully saturated rings. The lowest BCUT2D eigenvalue weighted by atomic mass is 10.1. The van der Waals surface area contributed by atoms with Crippen molar-refractivity contribution >= 4 is 34.0 Å². The second-order valence-corrected chi connectivity index (χ2v) is 9.76. The van der Waals surface area contributed by atoms with Crippen molar-refractivity contribution in [2.45, 2.75) is 19.6 Å². The second kappa shape index (κ2) is 11.6. The maximum atomic E-state index is 13.5. The number of halogens is 2. The topological polar surface area (TPSA) is 64.9 Å². The van der Waals surface area contributed by atoms with E-state index in [-0.39, 0.29) is 12.4 Å². The molecular formula is C32H25ClFN5O. The molecule has 6 aromatic rings. The molecule has 40 heavy (non-hydrogen) atoms. The molecule has 0 radical (unpaired) electrons. The van der Waals surface area contributed by atoms with E-state index < -0.39 is 0 Å². The summed E-state index contributed by atoms with van der Waals surface area (Å²) in [6.07, 6.45) is 8.46. The minimum Gasteiger partial charge on any atom is -0.487 e. The lowest BCUT2D eigenvalue weighted by Crippen LogP contribution is -1.99. The van der Waals surface area contributed by atoms with Crippen molar-refractivity contribution in [3.63, 3.8) is 0 Å². The van der Waals surface area contributed by atoms with Crippen LogP contribution in [0.5, 0.6) is 5.75 Å². The zero-order valence-electron chi connectivity index (χ0n) is 21.5. The normalized spacial score (nSPS) is 11.1. The Labute approximate surface area is 236 Å². The lowest BCUT2D eigenvalue weighted by Gasteiger charge is -2.12. The van der Waals surface area contributed by atoms with Gasteiger partial charge in [-0.05, 0) is 77.4 Å². The Morgan fingerprint density at radius 1 is 0.875 bits per heavy atom. The smallest absolute Gasteiger partial charge is 0.141 e. The molecular weight excluding hydrogens is 525 g/mol. The van der Waals surface area contributed by atoms with Gasteiger partial charge in [-0.15, -0.1) is 0 Å².